The smallest absolute Gasteiger partial charge is 0.132 e. The monoisotopic (exact) mass is 293 g/mol. The van der Waals surface area contributed by atoms with Crippen LogP contribution in [-0.4, -0.2) is 9.55 Å². The lowest BCUT2D eigenvalue weighted by Crippen LogP contribution is -2.05. The molecule has 98 valence electrons. The third kappa shape index (κ3) is 2.42. The maximum atomic E-state index is 6.20. The van der Waals surface area contributed by atoms with Gasteiger partial charge in [0.05, 0.1) is 16.6 Å². The molecule has 0 radical (unpaired) electrons. The maximum Gasteiger partial charge on any atom is 0.132 e. The van der Waals surface area contributed by atoms with E-state index >= 15 is 0 Å². The molecular weight excluding hydrogens is 281 g/mol. The molecule has 5 heteroatoms. The second kappa shape index (κ2) is 5.56. The minimum absolute atomic E-state index is 0.389. The van der Waals surface area contributed by atoms with Crippen molar-refractivity contribution in [1.82, 2.24) is 9.55 Å². The first-order valence-corrected chi connectivity index (χ1v) is 6.58. The number of anilines is 1. The fraction of sp³-hybridized carbons (Fsp3) is 0.214. The van der Waals surface area contributed by atoms with Gasteiger partial charge in [-0.1, -0.05) is 48.2 Å². The van der Waals surface area contributed by atoms with Crippen molar-refractivity contribution in [3.63, 3.8) is 0 Å². The van der Waals surface area contributed by atoms with Gasteiger partial charge in [-0.3, -0.25) is 0 Å². The number of nitrogens with zero attached hydrogens (tertiary/aromatic N) is 2. The van der Waals surface area contributed by atoms with Crippen LogP contribution in [0.5, 0.6) is 0 Å². The molecule has 0 spiro atoms. The zero-order valence-corrected chi connectivity index (χ0v) is 12.0. The highest BCUT2D eigenvalue weighted by atomic mass is 35.5. The van der Waals surface area contributed by atoms with Gasteiger partial charge in [-0.05, 0) is 6.07 Å². The van der Waals surface area contributed by atoms with Gasteiger partial charge in [0, 0.05) is 12.0 Å². The number of imidazole rings is 1. The first-order valence-electron chi connectivity index (χ1n) is 5.82. The van der Waals surface area contributed by atoms with Crippen LogP contribution in [-0.2, 0) is 13.0 Å². The van der Waals surface area contributed by atoms with Crippen molar-refractivity contribution in [2.24, 2.45) is 0 Å². The number of rotatable bonds is 3. The summed E-state index contributed by atoms with van der Waals surface area (Å²) in [6.45, 7) is 2.39. The van der Waals surface area contributed by atoms with Gasteiger partial charge in [0.15, 0.2) is 0 Å². The van der Waals surface area contributed by atoms with Crippen LogP contribution in [0, 0.1) is 12.3 Å². The number of aromatic nitrogens is 2. The largest absolute Gasteiger partial charge is 0.383 e. The summed E-state index contributed by atoms with van der Waals surface area (Å²) >= 11 is 12.2. The van der Waals surface area contributed by atoms with Crippen LogP contribution in [0.15, 0.2) is 18.2 Å². The van der Waals surface area contributed by atoms with E-state index in [1.807, 2.05) is 23.6 Å². The highest BCUT2D eigenvalue weighted by molar-refractivity contribution is 6.43. The van der Waals surface area contributed by atoms with Gasteiger partial charge in [-0.15, -0.1) is 6.42 Å². The summed E-state index contributed by atoms with van der Waals surface area (Å²) in [6, 6.07) is 5.38. The molecule has 3 nitrogen and oxygen atoms in total. The molecule has 0 saturated carbocycles. The van der Waals surface area contributed by atoms with Gasteiger partial charge in [0.1, 0.15) is 17.3 Å². The number of nitrogens with two attached hydrogens (primary N) is 1. The number of terminal acetylenes is 1. The second-order valence-electron chi connectivity index (χ2n) is 4.01. The quantitative estimate of drug-likeness (QED) is 0.878. The van der Waals surface area contributed by atoms with Crippen molar-refractivity contribution in [3.8, 4) is 23.6 Å². The molecule has 0 aliphatic carbocycles. The van der Waals surface area contributed by atoms with E-state index < -0.39 is 0 Å². The van der Waals surface area contributed by atoms with E-state index in [1.165, 1.54) is 0 Å². The summed E-state index contributed by atoms with van der Waals surface area (Å²) in [5, 5.41) is 0.923. The summed E-state index contributed by atoms with van der Waals surface area (Å²) in [7, 11) is 0. The van der Waals surface area contributed by atoms with Gasteiger partial charge in [-0.25, -0.2) is 4.98 Å². The number of benzene rings is 1. The third-order valence-corrected chi connectivity index (χ3v) is 3.68. The number of hydrogen-bond acceptors (Lipinski definition) is 2. The zero-order valence-electron chi connectivity index (χ0n) is 10.5. The predicted octanol–water partition coefficient (Wildman–Crippen LogP) is 3.63. The van der Waals surface area contributed by atoms with Crippen LogP contribution in [0.4, 0.5) is 5.82 Å². The van der Waals surface area contributed by atoms with Gasteiger partial charge < -0.3 is 10.3 Å². The van der Waals surface area contributed by atoms with Crippen LogP contribution in [0.25, 0.3) is 11.3 Å². The lowest BCUT2D eigenvalue weighted by Gasteiger charge is -2.05. The molecule has 0 bridgehead atoms. The van der Waals surface area contributed by atoms with Crippen molar-refractivity contribution >= 4 is 29.0 Å². The van der Waals surface area contributed by atoms with Gasteiger partial charge >= 0.3 is 0 Å². The number of halogens is 2. The first kappa shape index (κ1) is 13.8. The number of nitrogen functional groups attached to an aromatic ring is 1. The Hall–Kier alpha value is -1.63. The fourth-order valence-corrected chi connectivity index (χ4v) is 2.33. The number of hydrogen-bond donors (Lipinski definition) is 1. The molecule has 2 N–H and O–H groups in total. The average molecular weight is 294 g/mol. The van der Waals surface area contributed by atoms with Gasteiger partial charge in [0.25, 0.3) is 0 Å². The van der Waals surface area contributed by atoms with Crippen LogP contribution < -0.4 is 5.73 Å². The van der Waals surface area contributed by atoms with E-state index in [2.05, 4.69) is 10.9 Å². The van der Waals surface area contributed by atoms with Crippen molar-refractivity contribution in [2.45, 2.75) is 19.9 Å². The summed E-state index contributed by atoms with van der Waals surface area (Å²) in [5.41, 5.74) is 7.46. The van der Waals surface area contributed by atoms with E-state index in [1.54, 1.807) is 6.07 Å². The molecular formula is C14H13Cl2N3. The molecule has 0 fully saturated rings. The molecule has 1 heterocycles. The average Bonchev–Trinajstić information content (AvgIpc) is 2.71. The molecule has 2 aromatic rings. The summed E-state index contributed by atoms with van der Waals surface area (Å²) in [6.07, 6.45) is 6.09. The zero-order chi connectivity index (χ0) is 14.0. The lowest BCUT2D eigenvalue weighted by atomic mass is 10.1. The second-order valence-corrected chi connectivity index (χ2v) is 4.79. The Labute approximate surface area is 122 Å². The third-order valence-electron chi connectivity index (χ3n) is 2.86. The van der Waals surface area contributed by atoms with Crippen molar-refractivity contribution < 1.29 is 0 Å². The highest BCUT2D eigenvalue weighted by Crippen LogP contribution is 2.36. The molecule has 0 amide bonds. The molecule has 0 unspecified atom stereocenters. The Bertz CT molecular complexity index is 653. The van der Waals surface area contributed by atoms with E-state index in [9.17, 15) is 0 Å². The minimum Gasteiger partial charge on any atom is -0.383 e. The highest BCUT2D eigenvalue weighted by Gasteiger charge is 2.17. The summed E-state index contributed by atoms with van der Waals surface area (Å²) in [5.74, 6) is 3.92. The van der Waals surface area contributed by atoms with E-state index in [4.69, 9.17) is 35.4 Å². The van der Waals surface area contributed by atoms with Crippen molar-refractivity contribution in [1.29, 1.82) is 0 Å². The minimum atomic E-state index is 0.389. The Morgan fingerprint density at radius 1 is 1.42 bits per heavy atom. The fourth-order valence-electron chi connectivity index (χ4n) is 1.94. The van der Waals surface area contributed by atoms with E-state index in [0.29, 0.717) is 28.1 Å². The Morgan fingerprint density at radius 3 is 2.79 bits per heavy atom. The normalized spacial score (nSPS) is 10.4. The molecule has 1 aromatic heterocycles. The number of aryl methyl sites for hydroxylation is 1. The van der Waals surface area contributed by atoms with Crippen molar-refractivity contribution in [3.05, 3.63) is 34.1 Å². The maximum absolute atomic E-state index is 6.20. The first-order chi connectivity index (χ1) is 9.10. The molecule has 0 saturated heterocycles. The van der Waals surface area contributed by atoms with Crippen LogP contribution in [0.3, 0.4) is 0 Å². The summed E-state index contributed by atoms with van der Waals surface area (Å²) in [4.78, 5) is 4.52. The molecule has 2 rings (SSSR count). The summed E-state index contributed by atoms with van der Waals surface area (Å²) < 4.78 is 1.81. The SMILES string of the molecule is C#CCn1c(CC)nc(-c2cccc(Cl)c2Cl)c1N. The Kier molecular flexibility index (Phi) is 4.04. The molecule has 0 atom stereocenters. The van der Waals surface area contributed by atoms with Crippen LogP contribution in [0.2, 0.25) is 10.0 Å². The lowest BCUT2D eigenvalue weighted by molar-refractivity contribution is 0.769. The van der Waals surface area contributed by atoms with E-state index in [-0.39, 0.29) is 0 Å². The topological polar surface area (TPSA) is 43.8 Å². The molecule has 19 heavy (non-hydrogen) atoms. The Balaban J connectivity index is 2.64. The molecule has 0 aliphatic heterocycles. The van der Waals surface area contributed by atoms with Crippen LogP contribution in [0.1, 0.15) is 12.7 Å². The van der Waals surface area contributed by atoms with E-state index in [0.717, 1.165) is 17.8 Å². The Morgan fingerprint density at radius 2 is 2.16 bits per heavy atom. The van der Waals surface area contributed by atoms with Gasteiger partial charge in [0.2, 0.25) is 0 Å². The van der Waals surface area contributed by atoms with Gasteiger partial charge in [-0.2, -0.15) is 0 Å². The van der Waals surface area contributed by atoms with Crippen molar-refractivity contribution in [2.75, 3.05) is 5.73 Å². The van der Waals surface area contributed by atoms with Crippen LogP contribution >= 0.6 is 23.2 Å². The molecule has 0 aliphatic rings. The standard InChI is InChI=1S/C14H13Cl2N3/c1-3-8-19-11(4-2)18-13(14(19)17)9-6-5-7-10(15)12(9)16/h1,5-7H,4,8,17H2,2H3. The predicted molar refractivity (Wildman–Crippen MR) is 80.3 cm³/mol. The molecule has 1 aromatic carbocycles.